The van der Waals surface area contributed by atoms with Crippen LogP contribution in [0.1, 0.15) is 33.8 Å². The average Bonchev–Trinajstić information content (AvgIpc) is 3.53. The minimum Gasteiger partial charge on any atom is -0.339 e. The second-order valence-corrected chi connectivity index (χ2v) is 7.63. The van der Waals surface area contributed by atoms with Crippen LogP contribution in [0.5, 0.6) is 0 Å². The third-order valence-corrected chi connectivity index (χ3v) is 5.76. The number of halogens is 4. The van der Waals surface area contributed by atoms with Crippen molar-refractivity contribution in [2.75, 3.05) is 26.2 Å². The fourth-order valence-corrected chi connectivity index (χ4v) is 4.06. The lowest BCUT2D eigenvalue weighted by Gasteiger charge is -2.35. The van der Waals surface area contributed by atoms with E-state index in [9.17, 15) is 27.2 Å². The number of hydrogen-bond acceptors (Lipinski definition) is 2. The molecule has 1 saturated carbocycles. The predicted octanol–water partition coefficient (Wildman–Crippen LogP) is 3.93. The summed E-state index contributed by atoms with van der Waals surface area (Å²) in [5, 5.41) is 0. The first-order valence-corrected chi connectivity index (χ1v) is 9.76. The molecule has 0 N–H and O–H groups in total. The Hall–Kier alpha value is -2.90. The average molecular weight is 420 g/mol. The minimum absolute atomic E-state index is 0.0108. The van der Waals surface area contributed by atoms with Crippen LogP contribution in [0.4, 0.5) is 17.6 Å². The van der Waals surface area contributed by atoms with Crippen molar-refractivity contribution >= 4 is 11.8 Å². The molecule has 2 aromatic carbocycles. The SMILES string of the molecule is O=C(c1ccccc1F)N1CCN(C(=O)C2CC2c2ccccc2C(F)(F)F)CC1. The van der Waals surface area contributed by atoms with E-state index in [2.05, 4.69) is 0 Å². The molecule has 1 saturated heterocycles. The molecule has 2 fully saturated rings. The molecule has 1 heterocycles. The van der Waals surface area contributed by atoms with Crippen LogP contribution in [0.3, 0.4) is 0 Å². The molecule has 1 aliphatic heterocycles. The molecule has 0 aromatic heterocycles. The Labute approximate surface area is 171 Å². The predicted molar refractivity (Wildman–Crippen MR) is 101 cm³/mol. The first-order chi connectivity index (χ1) is 14.3. The summed E-state index contributed by atoms with van der Waals surface area (Å²) in [4.78, 5) is 28.4. The Morgan fingerprint density at radius 1 is 0.867 bits per heavy atom. The van der Waals surface area contributed by atoms with E-state index in [1.165, 1.54) is 35.2 Å². The number of carbonyl (C=O) groups is 2. The van der Waals surface area contributed by atoms with Crippen molar-refractivity contribution in [3.63, 3.8) is 0 Å². The van der Waals surface area contributed by atoms with E-state index >= 15 is 0 Å². The maximum atomic E-state index is 13.8. The van der Waals surface area contributed by atoms with Gasteiger partial charge in [-0.2, -0.15) is 13.2 Å². The van der Waals surface area contributed by atoms with Gasteiger partial charge in [0, 0.05) is 32.1 Å². The van der Waals surface area contributed by atoms with E-state index < -0.39 is 35.3 Å². The Morgan fingerprint density at radius 2 is 1.47 bits per heavy atom. The van der Waals surface area contributed by atoms with Gasteiger partial charge in [-0.1, -0.05) is 30.3 Å². The van der Waals surface area contributed by atoms with Gasteiger partial charge < -0.3 is 9.80 Å². The number of rotatable bonds is 3. The summed E-state index contributed by atoms with van der Waals surface area (Å²) in [6.07, 6.45) is -4.06. The van der Waals surface area contributed by atoms with Crippen molar-refractivity contribution in [3.8, 4) is 0 Å². The van der Waals surface area contributed by atoms with E-state index in [4.69, 9.17) is 0 Å². The Kier molecular flexibility index (Phi) is 5.26. The molecule has 2 atom stereocenters. The van der Waals surface area contributed by atoms with Gasteiger partial charge in [0.05, 0.1) is 11.1 Å². The monoisotopic (exact) mass is 420 g/mol. The summed E-state index contributed by atoms with van der Waals surface area (Å²) >= 11 is 0. The van der Waals surface area contributed by atoms with Crippen LogP contribution in [-0.2, 0) is 11.0 Å². The molecule has 158 valence electrons. The van der Waals surface area contributed by atoms with Crippen molar-refractivity contribution < 1.29 is 27.2 Å². The number of nitrogens with zero attached hydrogens (tertiary/aromatic N) is 2. The molecular weight excluding hydrogens is 400 g/mol. The number of alkyl halides is 3. The number of carbonyl (C=O) groups excluding carboxylic acids is 2. The molecule has 2 unspecified atom stereocenters. The van der Waals surface area contributed by atoms with Crippen LogP contribution in [-0.4, -0.2) is 47.8 Å². The first-order valence-electron chi connectivity index (χ1n) is 9.76. The number of benzene rings is 2. The Balaban J connectivity index is 1.37. The zero-order valence-electron chi connectivity index (χ0n) is 16.0. The van der Waals surface area contributed by atoms with E-state index in [-0.39, 0.29) is 43.2 Å². The van der Waals surface area contributed by atoms with Gasteiger partial charge in [0.15, 0.2) is 0 Å². The number of amides is 2. The highest BCUT2D eigenvalue weighted by Gasteiger charge is 2.49. The first kappa shape index (κ1) is 20.4. The minimum atomic E-state index is -4.45. The molecule has 4 rings (SSSR count). The molecule has 2 aliphatic rings. The Morgan fingerprint density at radius 3 is 2.13 bits per heavy atom. The molecule has 8 heteroatoms. The van der Waals surface area contributed by atoms with Gasteiger partial charge in [0.1, 0.15) is 5.82 Å². The standard InChI is InChI=1S/C22H20F4N2O2/c23-19-8-4-2-6-15(19)20(29)27-9-11-28(12-10-27)21(30)17-13-16(17)14-5-1-3-7-18(14)22(24,25)26/h1-8,16-17H,9-13H2. The van der Waals surface area contributed by atoms with E-state index in [0.29, 0.717) is 6.42 Å². The molecule has 0 bridgehead atoms. The maximum absolute atomic E-state index is 13.8. The van der Waals surface area contributed by atoms with Crippen LogP contribution >= 0.6 is 0 Å². The molecule has 1 aliphatic carbocycles. The fourth-order valence-electron chi connectivity index (χ4n) is 4.06. The maximum Gasteiger partial charge on any atom is 0.416 e. The summed E-state index contributed by atoms with van der Waals surface area (Å²) in [5.41, 5.74) is -0.536. The largest absolute Gasteiger partial charge is 0.416 e. The molecule has 2 amide bonds. The summed E-state index contributed by atoms with van der Waals surface area (Å²) in [5.74, 6) is -2.11. The number of hydrogen-bond donors (Lipinski definition) is 0. The third kappa shape index (κ3) is 3.91. The normalized spacial score (nSPS) is 21.5. The van der Waals surface area contributed by atoms with Gasteiger partial charge >= 0.3 is 6.18 Å². The van der Waals surface area contributed by atoms with Crippen LogP contribution in [0.2, 0.25) is 0 Å². The van der Waals surface area contributed by atoms with Gasteiger partial charge in [0.25, 0.3) is 5.91 Å². The van der Waals surface area contributed by atoms with E-state index in [1.54, 1.807) is 17.0 Å². The van der Waals surface area contributed by atoms with Crippen molar-refractivity contribution in [1.29, 1.82) is 0 Å². The van der Waals surface area contributed by atoms with Gasteiger partial charge in [0.2, 0.25) is 5.91 Å². The van der Waals surface area contributed by atoms with Crippen molar-refractivity contribution in [2.24, 2.45) is 5.92 Å². The van der Waals surface area contributed by atoms with Crippen LogP contribution in [0.15, 0.2) is 48.5 Å². The lowest BCUT2D eigenvalue weighted by Crippen LogP contribution is -2.51. The fraction of sp³-hybridized carbons (Fsp3) is 0.364. The lowest BCUT2D eigenvalue weighted by molar-refractivity contribution is -0.139. The van der Waals surface area contributed by atoms with Gasteiger partial charge in [-0.15, -0.1) is 0 Å². The number of piperazine rings is 1. The van der Waals surface area contributed by atoms with Crippen LogP contribution in [0.25, 0.3) is 0 Å². The zero-order valence-corrected chi connectivity index (χ0v) is 16.0. The topological polar surface area (TPSA) is 40.6 Å². The highest BCUT2D eigenvalue weighted by molar-refractivity contribution is 5.94. The molecule has 4 nitrogen and oxygen atoms in total. The summed E-state index contributed by atoms with van der Waals surface area (Å²) < 4.78 is 53.6. The summed E-state index contributed by atoms with van der Waals surface area (Å²) in [7, 11) is 0. The molecular formula is C22H20F4N2O2. The zero-order chi connectivity index (χ0) is 21.5. The van der Waals surface area contributed by atoms with Crippen molar-refractivity contribution in [2.45, 2.75) is 18.5 Å². The second-order valence-electron chi connectivity index (χ2n) is 7.63. The molecule has 2 aromatic rings. The van der Waals surface area contributed by atoms with Gasteiger partial charge in [-0.3, -0.25) is 9.59 Å². The molecule has 30 heavy (non-hydrogen) atoms. The van der Waals surface area contributed by atoms with Crippen molar-refractivity contribution in [3.05, 3.63) is 71.0 Å². The smallest absolute Gasteiger partial charge is 0.339 e. The van der Waals surface area contributed by atoms with Crippen molar-refractivity contribution in [1.82, 2.24) is 9.80 Å². The quantitative estimate of drug-likeness (QED) is 0.706. The van der Waals surface area contributed by atoms with Gasteiger partial charge in [-0.05, 0) is 36.1 Å². The lowest BCUT2D eigenvalue weighted by atomic mass is 10.0. The van der Waals surface area contributed by atoms with Crippen LogP contribution in [0, 0.1) is 11.7 Å². The van der Waals surface area contributed by atoms with E-state index in [0.717, 1.165) is 6.07 Å². The molecule has 0 radical (unpaired) electrons. The van der Waals surface area contributed by atoms with Crippen LogP contribution < -0.4 is 0 Å². The van der Waals surface area contributed by atoms with E-state index in [1.807, 2.05) is 0 Å². The van der Waals surface area contributed by atoms with Gasteiger partial charge in [-0.25, -0.2) is 4.39 Å². The third-order valence-electron chi connectivity index (χ3n) is 5.76. The second kappa shape index (κ2) is 7.74. The molecule has 0 spiro atoms. The summed E-state index contributed by atoms with van der Waals surface area (Å²) in [6, 6.07) is 11.1. The summed E-state index contributed by atoms with van der Waals surface area (Å²) in [6.45, 7) is 1.08. The highest BCUT2D eigenvalue weighted by Crippen LogP contribution is 2.51. The Bertz CT molecular complexity index is 968. The highest BCUT2D eigenvalue weighted by atomic mass is 19.4.